The number of hydrogen-bond acceptors (Lipinski definition) is 9. The van der Waals surface area contributed by atoms with E-state index in [0.717, 1.165) is 34.0 Å². The molecule has 0 spiro atoms. The largest absolute Gasteiger partial charge is 0.427 e. The molecule has 2 atom stereocenters. The highest BCUT2D eigenvalue weighted by atomic mass is 32.2. The lowest BCUT2D eigenvalue weighted by Crippen LogP contribution is -2.62. The number of piperazine rings is 1. The second kappa shape index (κ2) is 12.9. The van der Waals surface area contributed by atoms with Gasteiger partial charge in [-0.3, -0.25) is 9.59 Å². The molecule has 3 amide bonds. The first-order chi connectivity index (χ1) is 18.7. The van der Waals surface area contributed by atoms with Gasteiger partial charge in [0.05, 0.1) is 0 Å². The van der Waals surface area contributed by atoms with Crippen LogP contribution in [0.1, 0.15) is 33.1 Å². The van der Waals surface area contributed by atoms with Crippen molar-refractivity contribution in [1.82, 2.24) is 20.0 Å². The van der Waals surface area contributed by atoms with Gasteiger partial charge in [0.1, 0.15) is 16.0 Å². The highest BCUT2D eigenvalue weighted by Gasteiger charge is 2.42. The third-order valence-electron chi connectivity index (χ3n) is 6.22. The Hall–Kier alpha value is -3.04. The molecule has 0 aliphatic carbocycles. The minimum atomic E-state index is -4.10. The van der Waals surface area contributed by atoms with Crippen LogP contribution in [-0.2, 0) is 29.2 Å². The average Bonchev–Trinajstić information content (AvgIpc) is 3.44. The Labute approximate surface area is 231 Å². The van der Waals surface area contributed by atoms with E-state index in [0.29, 0.717) is 30.2 Å². The number of esters is 1. The molecule has 212 valence electrons. The zero-order valence-electron chi connectivity index (χ0n) is 21.8. The van der Waals surface area contributed by atoms with Gasteiger partial charge in [0.2, 0.25) is 0 Å². The summed E-state index contributed by atoms with van der Waals surface area (Å²) in [6, 6.07) is 8.31. The van der Waals surface area contributed by atoms with E-state index in [1.807, 2.05) is 0 Å². The van der Waals surface area contributed by atoms with Crippen molar-refractivity contribution in [3.05, 3.63) is 36.4 Å². The van der Waals surface area contributed by atoms with Crippen LogP contribution >= 0.6 is 11.3 Å². The third kappa shape index (κ3) is 7.13. The van der Waals surface area contributed by atoms with Crippen LogP contribution in [0.4, 0.5) is 4.79 Å². The lowest BCUT2D eigenvalue weighted by Gasteiger charge is -2.39. The average molecular weight is 581 g/mol. The summed E-state index contributed by atoms with van der Waals surface area (Å²) < 4.78 is 39.2. The lowest BCUT2D eigenvalue weighted by atomic mass is 10.2. The van der Waals surface area contributed by atoms with Crippen molar-refractivity contribution in [1.29, 1.82) is 0 Å². The van der Waals surface area contributed by atoms with Crippen molar-refractivity contribution in [2.75, 3.05) is 32.8 Å². The number of rotatable bonds is 8. The first kappa shape index (κ1) is 29.0. The number of carbonyl (C=O) groups is 3. The molecule has 2 N–H and O–H groups in total. The third-order valence-corrected chi connectivity index (χ3v) is 9.73. The summed E-state index contributed by atoms with van der Waals surface area (Å²) in [5.74, 6) is -0.732. The number of nitrogens with zero attached hydrogens (tertiary/aromatic N) is 2. The van der Waals surface area contributed by atoms with E-state index in [1.54, 1.807) is 37.3 Å². The maximum Gasteiger partial charge on any atom is 0.317 e. The fourth-order valence-electron chi connectivity index (χ4n) is 4.29. The zero-order valence-corrected chi connectivity index (χ0v) is 23.4. The van der Waals surface area contributed by atoms with Crippen LogP contribution in [0.25, 0.3) is 10.4 Å². The molecule has 2 aromatic rings. The van der Waals surface area contributed by atoms with Crippen LogP contribution in [0.3, 0.4) is 0 Å². The Morgan fingerprint density at radius 2 is 1.87 bits per heavy atom. The fourth-order valence-corrected chi connectivity index (χ4v) is 7.30. The fraction of sp³-hybridized carbons (Fsp3) is 0.480. The second-order valence-corrected chi connectivity index (χ2v) is 12.2. The highest BCUT2D eigenvalue weighted by Crippen LogP contribution is 2.34. The Balaban J connectivity index is 1.53. The molecule has 1 aromatic carbocycles. The van der Waals surface area contributed by atoms with Gasteiger partial charge in [-0.1, -0.05) is 0 Å². The number of carbonyl (C=O) groups excluding carboxylic acids is 3. The molecule has 1 unspecified atom stereocenters. The number of hydroxylamine groups is 1. The minimum absolute atomic E-state index is 0.0577. The molecule has 4 rings (SSSR count). The summed E-state index contributed by atoms with van der Waals surface area (Å²) in [6.07, 6.45) is 1.80. The van der Waals surface area contributed by atoms with Crippen molar-refractivity contribution in [3.63, 3.8) is 0 Å². The summed E-state index contributed by atoms with van der Waals surface area (Å²) in [5.41, 5.74) is 3.10. The summed E-state index contributed by atoms with van der Waals surface area (Å²) in [7, 11) is -4.10. The maximum atomic E-state index is 13.7. The molecular formula is C25H32N4O8S2. The predicted molar refractivity (Wildman–Crippen MR) is 142 cm³/mol. The number of hydrogen-bond donors (Lipinski definition) is 2. The van der Waals surface area contributed by atoms with E-state index in [9.17, 15) is 22.8 Å². The van der Waals surface area contributed by atoms with Gasteiger partial charge >= 0.3 is 12.0 Å². The van der Waals surface area contributed by atoms with Crippen LogP contribution in [0, 0.1) is 0 Å². The first-order valence-electron chi connectivity index (χ1n) is 12.7. The molecule has 39 heavy (non-hydrogen) atoms. The summed E-state index contributed by atoms with van der Waals surface area (Å²) in [6.45, 7) is 3.92. The summed E-state index contributed by atoms with van der Waals surface area (Å²) in [5, 5.41) is 2.69. The predicted octanol–water partition coefficient (Wildman–Crippen LogP) is 2.32. The van der Waals surface area contributed by atoms with E-state index >= 15 is 0 Å². The van der Waals surface area contributed by atoms with Crippen molar-refractivity contribution >= 4 is 39.3 Å². The van der Waals surface area contributed by atoms with Gasteiger partial charge in [0.15, 0.2) is 6.29 Å². The van der Waals surface area contributed by atoms with E-state index < -0.39 is 34.2 Å². The number of ether oxygens (including phenoxy) is 2. The number of thiophene rings is 1. The van der Waals surface area contributed by atoms with Gasteiger partial charge in [-0.15, -0.1) is 11.3 Å². The van der Waals surface area contributed by atoms with Crippen LogP contribution in [0.2, 0.25) is 0 Å². The summed E-state index contributed by atoms with van der Waals surface area (Å²) in [4.78, 5) is 44.4. The van der Waals surface area contributed by atoms with Gasteiger partial charge in [-0.2, -0.15) is 4.31 Å². The monoisotopic (exact) mass is 580 g/mol. The van der Waals surface area contributed by atoms with Crippen molar-refractivity contribution in [3.8, 4) is 16.2 Å². The van der Waals surface area contributed by atoms with Crippen LogP contribution in [-0.4, -0.2) is 80.6 Å². The maximum absolute atomic E-state index is 13.7. The Morgan fingerprint density at radius 1 is 1.10 bits per heavy atom. The SMILES string of the molecule is CCNC(=O)N1CCN(S(=O)(=O)c2ccc(-c3ccc(OC(C)=O)cc3)s2)[C@@H](C(=O)NOC2CCCCO2)C1. The molecule has 12 nitrogen and oxygen atoms in total. The smallest absolute Gasteiger partial charge is 0.317 e. The molecule has 0 radical (unpaired) electrons. The number of sulfonamides is 1. The normalized spacial score (nSPS) is 20.3. The number of urea groups is 1. The van der Waals surface area contributed by atoms with Gasteiger partial charge in [-0.25, -0.2) is 23.5 Å². The first-order valence-corrected chi connectivity index (χ1v) is 14.9. The van der Waals surface area contributed by atoms with Gasteiger partial charge in [0, 0.05) is 51.0 Å². The van der Waals surface area contributed by atoms with Crippen molar-refractivity contribution < 1.29 is 37.1 Å². The van der Waals surface area contributed by atoms with Crippen LogP contribution in [0.5, 0.6) is 5.75 Å². The quantitative estimate of drug-likeness (QED) is 0.275. The lowest BCUT2D eigenvalue weighted by molar-refractivity contribution is -0.202. The molecule has 2 aliphatic heterocycles. The number of amides is 3. The standard InChI is InChI=1S/C25H32N4O8S2/c1-3-26-25(32)28-13-14-29(20(16-28)24(31)27-37-22-6-4-5-15-35-22)39(33,34)23-12-11-21(38-23)18-7-9-19(10-8-18)36-17(2)30/h7-12,20,22H,3-6,13-16H2,1-2H3,(H,26,32)(H,27,31)/t20-,22?/m1/s1. The number of benzene rings is 1. The molecule has 0 bridgehead atoms. The molecule has 2 aliphatic rings. The van der Waals surface area contributed by atoms with Crippen molar-refractivity contribution in [2.45, 2.75) is 49.7 Å². The highest BCUT2D eigenvalue weighted by molar-refractivity contribution is 7.91. The van der Waals surface area contributed by atoms with E-state index in [2.05, 4.69) is 10.8 Å². The molecule has 3 heterocycles. The van der Waals surface area contributed by atoms with E-state index in [4.69, 9.17) is 14.3 Å². The van der Waals surface area contributed by atoms with Gasteiger partial charge in [0.25, 0.3) is 15.9 Å². The Morgan fingerprint density at radius 3 is 2.54 bits per heavy atom. The van der Waals surface area contributed by atoms with Gasteiger partial charge < -0.3 is 19.7 Å². The van der Waals surface area contributed by atoms with E-state index in [1.165, 1.54) is 17.9 Å². The molecule has 14 heteroatoms. The van der Waals surface area contributed by atoms with Gasteiger partial charge in [-0.05, 0) is 61.7 Å². The Kier molecular flexibility index (Phi) is 9.56. The second-order valence-electron chi connectivity index (χ2n) is 9.03. The minimum Gasteiger partial charge on any atom is -0.427 e. The molecule has 2 saturated heterocycles. The van der Waals surface area contributed by atoms with Crippen LogP contribution < -0.4 is 15.5 Å². The molecule has 0 saturated carbocycles. The molecule has 2 fully saturated rings. The number of nitrogens with one attached hydrogen (secondary N) is 2. The molecule has 1 aromatic heterocycles. The Bertz CT molecular complexity index is 1280. The molecular weight excluding hydrogens is 548 g/mol. The van der Waals surface area contributed by atoms with Crippen molar-refractivity contribution in [2.24, 2.45) is 0 Å². The zero-order chi connectivity index (χ0) is 28.0. The van der Waals surface area contributed by atoms with Crippen LogP contribution in [0.15, 0.2) is 40.6 Å². The summed E-state index contributed by atoms with van der Waals surface area (Å²) >= 11 is 1.06. The van der Waals surface area contributed by atoms with E-state index in [-0.39, 0.29) is 29.9 Å². The topological polar surface area (TPSA) is 144 Å².